The minimum absolute atomic E-state index is 0.365. The zero-order chi connectivity index (χ0) is 10.6. The second-order valence-corrected chi connectivity index (χ2v) is 3.99. The number of nitrogens with one attached hydrogen (secondary N) is 1. The largest absolute Gasteiger partial charge is 0.392 e. The second kappa shape index (κ2) is 5.56. The van der Waals surface area contributed by atoms with Crippen molar-refractivity contribution in [3.8, 4) is 0 Å². The molecule has 0 saturated carbocycles. The van der Waals surface area contributed by atoms with Gasteiger partial charge in [0, 0.05) is 28.7 Å². The van der Waals surface area contributed by atoms with E-state index in [1.165, 1.54) is 0 Å². The predicted molar refractivity (Wildman–Crippen MR) is 59.8 cm³/mol. The van der Waals surface area contributed by atoms with E-state index in [9.17, 15) is 0 Å². The van der Waals surface area contributed by atoms with Crippen LogP contribution in [0.4, 0.5) is 0 Å². The Morgan fingerprint density at radius 3 is 2.43 bits per heavy atom. The minimum Gasteiger partial charge on any atom is -0.392 e. The van der Waals surface area contributed by atoms with Crippen LogP contribution in [0, 0.1) is 0 Å². The zero-order valence-electron chi connectivity index (χ0n) is 7.93. The van der Waals surface area contributed by atoms with Crippen molar-refractivity contribution in [3.05, 3.63) is 33.8 Å². The van der Waals surface area contributed by atoms with Crippen LogP contribution in [0.3, 0.4) is 0 Å². The van der Waals surface area contributed by atoms with E-state index in [2.05, 4.69) is 5.32 Å². The van der Waals surface area contributed by atoms with Crippen LogP contribution < -0.4 is 5.32 Å². The van der Waals surface area contributed by atoms with Gasteiger partial charge < -0.3 is 10.4 Å². The predicted octanol–water partition coefficient (Wildman–Crippen LogP) is 2.46. The molecule has 14 heavy (non-hydrogen) atoms. The van der Waals surface area contributed by atoms with Crippen molar-refractivity contribution >= 4 is 23.2 Å². The Bertz CT molecular complexity index is 282. The normalized spacial score (nSPS) is 12.9. The Kier molecular flexibility index (Phi) is 4.69. The van der Waals surface area contributed by atoms with Gasteiger partial charge in [-0.05, 0) is 19.1 Å². The Labute approximate surface area is 93.8 Å². The molecule has 0 aromatic heterocycles. The molecule has 0 aliphatic rings. The summed E-state index contributed by atoms with van der Waals surface area (Å²) in [4.78, 5) is 0. The molecule has 0 aliphatic carbocycles. The van der Waals surface area contributed by atoms with Gasteiger partial charge in [0.2, 0.25) is 0 Å². The molecular formula is C10H13Cl2NO. The third-order valence-corrected chi connectivity index (χ3v) is 2.51. The molecule has 2 nitrogen and oxygen atoms in total. The molecule has 0 saturated heterocycles. The van der Waals surface area contributed by atoms with Crippen LogP contribution in [0.2, 0.25) is 10.0 Å². The third kappa shape index (κ3) is 3.46. The van der Waals surface area contributed by atoms with Gasteiger partial charge in [0.1, 0.15) is 0 Å². The standard InChI is InChI=1S/C10H13Cl2NO/c1-7(14)5-13-6-8-9(11)3-2-4-10(8)12/h2-4,7,13-14H,5-6H2,1H3. The topological polar surface area (TPSA) is 32.3 Å². The molecule has 78 valence electrons. The van der Waals surface area contributed by atoms with Gasteiger partial charge in [0.05, 0.1) is 6.10 Å². The molecule has 0 amide bonds. The van der Waals surface area contributed by atoms with Crippen LogP contribution in [-0.2, 0) is 6.54 Å². The molecule has 4 heteroatoms. The first-order valence-electron chi connectivity index (χ1n) is 4.43. The Morgan fingerprint density at radius 1 is 1.36 bits per heavy atom. The van der Waals surface area contributed by atoms with Gasteiger partial charge in [0.15, 0.2) is 0 Å². The molecule has 1 rings (SSSR count). The van der Waals surface area contributed by atoms with Crippen molar-refractivity contribution in [1.82, 2.24) is 5.32 Å². The quantitative estimate of drug-likeness (QED) is 0.838. The third-order valence-electron chi connectivity index (χ3n) is 1.80. The lowest BCUT2D eigenvalue weighted by atomic mass is 10.2. The fourth-order valence-corrected chi connectivity index (χ4v) is 1.64. The molecule has 0 aliphatic heterocycles. The van der Waals surface area contributed by atoms with E-state index in [-0.39, 0.29) is 6.10 Å². The van der Waals surface area contributed by atoms with Gasteiger partial charge in [-0.1, -0.05) is 29.3 Å². The summed E-state index contributed by atoms with van der Waals surface area (Å²) in [6.07, 6.45) is -0.365. The van der Waals surface area contributed by atoms with Gasteiger partial charge in [-0.15, -0.1) is 0 Å². The minimum atomic E-state index is -0.365. The fraction of sp³-hybridized carbons (Fsp3) is 0.400. The van der Waals surface area contributed by atoms with Crippen molar-refractivity contribution in [3.63, 3.8) is 0 Å². The lowest BCUT2D eigenvalue weighted by molar-refractivity contribution is 0.191. The number of hydrogen-bond donors (Lipinski definition) is 2. The number of aliphatic hydroxyl groups is 1. The summed E-state index contributed by atoms with van der Waals surface area (Å²) >= 11 is 11.9. The van der Waals surface area contributed by atoms with Crippen molar-refractivity contribution in [1.29, 1.82) is 0 Å². The van der Waals surface area contributed by atoms with E-state index in [0.29, 0.717) is 23.1 Å². The smallest absolute Gasteiger partial charge is 0.0636 e. The van der Waals surface area contributed by atoms with Crippen molar-refractivity contribution < 1.29 is 5.11 Å². The van der Waals surface area contributed by atoms with Crippen molar-refractivity contribution in [2.45, 2.75) is 19.6 Å². The molecule has 1 aromatic carbocycles. The number of benzene rings is 1. The van der Waals surface area contributed by atoms with Gasteiger partial charge in [-0.3, -0.25) is 0 Å². The van der Waals surface area contributed by atoms with Crippen molar-refractivity contribution in [2.75, 3.05) is 6.54 Å². The summed E-state index contributed by atoms with van der Waals surface area (Å²) < 4.78 is 0. The van der Waals surface area contributed by atoms with Crippen molar-refractivity contribution in [2.24, 2.45) is 0 Å². The summed E-state index contributed by atoms with van der Waals surface area (Å²) in [7, 11) is 0. The van der Waals surface area contributed by atoms with Gasteiger partial charge in [-0.2, -0.15) is 0 Å². The van der Waals surface area contributed by atoms with E-state index in [1.54, 1.807) is 19.1 Å². The summed E-state index contributed by atoms with van der Waals surface area (Å²) in [6, 6.07) is 5.41. The van der Waals surface area contributed by atoms with Crippen LogP contribution in [0.25, 0.3) is 0 Å². The summed E-state index contributed by atoms with van der Waals surface area (Å²) in [5.41, 5.74) is 0.872. The molecule has 2 N–H and O–H groups in total. The van der Waals surface area contributed by atoms with Crippen LogP contribution in [0.1, 0.15) is 12.5 Å². The summed E-state index contributed by atoms with van der Waals surface area (Å²) in [5.74, 6) is 0. The maximum absolute atomic E-state index is 9.04. The zero-order valence-corrected chi connectivity index (χ0v) is 9.44. The van der Waals surface area contributed by atoms with E-state index in [1.807, 2.05) is 6.07 Å². The highest BCUT2D eigenvalue weighted by atomic mass is 35.5. The van der Waals surface area contributed by atoms with E-state index >= 15 is 0 Å². The molecule has 0 bridgehead atoms. The molecule has 1 aromatic rings. The van der Waals surface area contributed by atoms with Crippen LogP contribution >= 0.6 is 23.2 Å². The monoisotopic (exact) mass is 233 g/mol. The first-order chi connectivity index (χ1) is 6.61. The van der Waals surface area contributed by atoms with Gasteiger partial charge in [-0.25, -0.2) is 0 Å². The highest BCUT2D eigenvalue weighted by Crippen LogP contribution is 2.23. The molecule has 0 radical (unpaired) electrons. The number of halogens is 2. The van der Waals surface area contributed by atoms with Crippen LogP contribution in [-0.4, -0.2) is 17.8 Å². The highest BCUT2D eigenvalue weighted by Gasteiger charge is 2.04. The van der Waals surface area contributed by atoms with E-state index in [0.717, 1.165) is 5.56 Å². The number of aliphatic hydroxyl groups excluding tert-OH is 1. The maximum atomic E-state index is 9.04. The number of hydrogen-bond acceptors (Lipinski definition) is 2. The van der Waals surface area contributed by atoms with Crippen LogP contribution in [0.15, 0.2) is 18.2 Å². The maximum Gasteiger partial charge on any atom is 0.0636 e. The average Bonchev–Trinajstić information content (AvgIpc) is 2.09. The van der Waals surface area contributed by atoms with E-state index in [4.69, 9.17) is 28.3 Å². The SMILES string of the molecule is CC(O)CNCc1c(Cl)cccc1Cl. The summed E-state index contributed by atoms with van der Waals surface area (Å²) in [6.45, 7) is 2.83. The number of rotatable bonds is 4. The lowest BCUT2D eigenvalue weighted by Gasteiger charge is -2.09. The molecule has 1 unspecified atom stereocenters. The Morgan fingerprint density at radius 2 is 1.93 bits per heavy atom. The highest BCUT2D eigenvalue weighted by molar-refractivity contribution is 6.35. The average molecular weight is 234 g/mol. The first kappa shape index (κ1) is 11.8. The second-order valence-electron chi connectivity index (χ2n) is 3.18. The van der Waals surface area contributed by atoms with Crippen LogP contribution in [0.5, 0.6) is 0 Å². The first-order valence-corrected chi connectivity index (χ1v) is 5.18. The Balaban J connectivity index is 2.58. The lowest BCUT2D eigenvalue weighted by Crippen LogP contribution is -2.24. The van der Waals surface area contributed by atoms with E-state index < -0.39 is 0 Å². The summed E-state index contributed by atoms with van der Waals surface area (Å²) in [5, 5.41) is 13.4. The molecule has 0 heterocycles. The Hall–Kier alpha value is -0.280. The molecular weight excluding hydrogens is 221 g/mol. The fourth-order valence-electron chi connectivity index (χ4n) is 1.11. The molecule has 1 atom stereocenters. The molecule has 0 fully saturated rings. The van der Waals surface area contributed by atoms with Gasteiger partial charge >= 0.3 is 0 Å². The molecule has 0 spiro atoms. The van der Waals surface area contributed by atoms with Gasteiger partial charge in [0.25, 0.3) is 0 Å².